The maximum absolute atomic E-state index is 9.54. The molecule has 90 valence electrons. The summed E-state index contributed by atoms with van der Waals surface area (Å²) < 4.78 is 0. The number of carboxylic acids is 1. The van der Waals surface area contributed by atoms with Crippen LogP contribution in [-0.2, 0) is 19.2 Å². The molecule has 0 spiro atoms. The lowest BCUT2D eigenvalue weighted by Crippen LogP contribution is -2.05. The molecule has 0 radical (unpaired) electrons. The van der Waals surface area contributed by atoms with Crippen LogP contribution in [0.5, 0.6) is 0 Å². The summed E-state index contributed by atoms with van der Waals surface area (Å²) in [7, 11) is 0. The fourth-order valence-corrected chi connectivity index (χ4v) is 0. The van der Waals surface area contributed by atoms with Crippen LogP contribution in [0.25, 0.3) is 0 Å². The van der Waals surface area contributed by atoms with E-state index in [0.29, 0.717) is 0 Å². The van der Waals surface area contributed by atoms with Crippen LogP contribution < -0.4 is 0 Å². The lowest BCUT2D eigenvalue weighted by Gasteiger charge is -1.73. The van der Waals surface area contributed by atoms with Crippen LogP contribution in [0.15, 0.2) is 0 Å². The molecule has 0 aliphatic carbocycles. The van der Waals surface area contributed by atoms with Crippen molar-refractivity contribution in [3.63, 3.8) is 0 Å². The quantitative estimate of drug-likeness (QED) is 0.480. The molecule has 0 bridgehead atoms. The molecule has 0 heterocycles. The van der Waals surface area contributed by atoms with Crippen LogP contribution in [0.2, 0.25) is 0 Å². The first-order valence-corrected chi connectivity index (χ1v) is 4.03. The van der Waals surface area contributed by atoms with Crippen molar-refractivity contribution in [2.45, 2.75) is 27.7 Å². The summed E-state index contributed by atoms with van der Waals surface area (Å²) >= 11 is 0. The maximum Gasteiger partial charge on any atom is 0.371 e. The molecule has 0 fully saturated rings. The van der Waals surface area contributed by atoms with E-state index in [1.807, 2.05) is 0 Å². The second-order valence-corrected chi connectivity index (χ2v) is 1.65. The Morgan fingerprint density at radius 1 is 1.13 bits per heavy atom. The zero-order chi connectivity index (χ0) is 13.3. The average molecular weight is 222 g/mol. The number of carboxylic acid groups (broad SMARTS) is 1. The summed E-state index contributed by atoms with van der Waals surface area (Å²) in [5.41, 5.74) is 0. The molecule has 0 aromatic carbocycles. The van der Waals surface area contributed by atoms with Crippen LogP contribution in [0.4, 0.5) is 0 Å². The van der Waals surface area contributed by atoms with E-state index in [9.17, 15) is 9.59 Å². The third-order valence-corrected chi connectivity index (χ3v) is 0.301. The molecule has 0 rings (SSSR count). The Morgan fingerprint density at radius 3 is 1.20 bits per heavy atom. The standard InChI is InChI=1S/C3H4O3.C2H6O.2C2H4O/c1-2(4)3(5)6;3*1-2-3/h1H3,(H,5,6);3H,2H2,1H3;2*2H,1H3. The van der Waals surface area contributed by atoms with Crippen molar-refractivity contribution in [2.24, 2.45) is 0 Å². The van der Waals surface area contributed by atoms with Crippen molar-refractivity contribution in [3.05, 3.63) is 0 Å². The molecular formula is C9H18O6. The van der Waals surface area contributed by atoms with Crippen molar-refractivity contribution in [2.75, 3.05) is 6.61 Å². The van der Waals surface area contributed by atoms with Crippen LogP contribution in [0.1, 0.15) is 27.7 Å². The van der Waals surface area contributed by atoms with Crippen molar-refractivity contribution in [3.8, 4) is 0 Å². The number of aliphatic hydroxyl groups is 1. The highest BCUT2D eigenvalue weighted by Crippen LogP contribution is 1.61. The van der Waals surface area contributed by atoms with Gasteiger partial charge in [-0.3, -0.25) is 4.79 Å². The van der Waals surface area contributed by atoms with E-state index < -0.39 is 11.8 Å². The zero-order valence-electron chi connectivity index (χ0n) is 9.39. The van der Waals surface area contributed by atoms with Gasteiger partial charge in [-0.1, -0.05) is 0 Å². The monoisotopic (exact) mass is 222 g/mol. The lowest BCUT2D eigenvalue weighted by atomic mass is 10.5. The topological polar surface area (TPSA) is 109 Å². The summed E-state index contributed by atoms with van der Waals surface area (Å²) in [6.45, 7) is 5.82. The van der Waals surface area contributed by atoms with Gasteiger partial charge in [-0.25, -0.2) is 4.79 Å². The molecule has 0 unspecified atom stereocenters. The molecule has 0 aromatic heterocycles. The highest BCUT2D eigenvalue weighted by Gasteiger charge is 1.98. The second kappa shape index (κ2) is 29.4. The van der Waals surface area contributed by atoms with Gasteiger partial charge in [0.2, 0.25) is 5.78 Å². The molecule has 6 nitrogen and oxygen atoms in total. The summed E-state index contributed by atoms with van der Waals surface area (Å²) in [6, 6.07) is 0. The largest absolute Gasteiger partial charge is 0.476 e. The molecule has 0 saturated carbocycles. The van der Waals surface area contributed by atoms with Gasteiger partial charge in [-0.2, -0.15) is 0 Å². The number of Topliss-reactive ketones (excluding diaryl/α,β-unsaturated/α-hetero) is 1. The Labute approximate surface area is 88.9 Å². The predicted molar refractivity (Wildman–Crippen MR) is 54.6 cm³/mol. The number of carbonyl (C=O) groups excluding carboxylic acids is 3. The summed E-state index contributed by atoms with van der Waals surface area (Å²) in [6.07, 6.45) is 1.50. The molecule has 2 N–H and O–H groups in total. The Hall–Kier alpha value is -1.56. The fraction of sp³-hybridized carbons (Fsp3) is 0.556. The van der Waals surface area contributed by atoms with Crippen LogP contribution in [0.3, 0.4) is 0 Å². The first-order valence-electron chi connectivity index (χ1n) is 4.03. The van der Waals surface area contributed by atoms with Gasteiger partial charge >= 0.3 is 5.97 Å². The van der Waals surface area contributed by atoms with E-state index in [-0.39, 0.29) is 6.61 Å². The zero-order valence-corrected chi connectivity index (χ0v) is 9.39. The molecular weight excluding hydrogens is 204 g/mol. The normalized spacial score (nSPS) is 5.93. The van der Waals surface area contributed by atoms with Gasteiger partial charge in [0, 0.05) is 13.5 Å². The van der Waals surface area contributed by atoms with Gasteiger partial charge in [-0.05, 0) is 20.8 Å². The van der Waals surface area contributed by atoms with E-state index in [4.69, 9.17) is 19.8 Å². The van der Waals surface area contributed by atoms with Crippen LogP contribution >= 0.6 is 0 Å². The van der Waals surface area contributed by atoms with E-state index >= 15 is 0 Å². The van der Waals surface area contributed by atoms with Crippen LogP contribution in [0, 0.1) is 0 Å². The highest BCUT2D eigenvalue weighted by molar-refractivity contribution is 6.31. The van der Waals surface area contributed by atoms with Crippen LogP contribution in [-0.4, -0.2) is 41.1 Å². The number of rotatable bonds is 1. The average Bonchev–Trinajstić information content (AvgIpc) is 2.07. The minimum atomic E-state index is -1.38. The van der Waals surface area contributed by atoms with E-state index in [1.54, 1.807) is 6.92 Å². The van der Waals surface area contributed by atoms with Gasteiger partial charge in [-0.15, -0.1) is 0 Å². The SMILES string of the molecule is CC(=O)C(=O)O.CC=O.CC=O.CCO. The fourth-order valence-electron chi connectivity index (χ4n) is 0. The number of carbonyl (C=O) groups is 4. The predicted octanol–water partition coefficient (Wildman–Crippen LogP) is 0.0690. The number of aliphatic carboxylic acids is 1. The first-order chi connectivity index (χ1) is 6.89. The van der Waals surface area contributed by atoms with Crippen molar-refractivity contribution in [1.82, 2.24) is 0 Å². The molecule has 0 saturated heterocycles. The molecule has 0 amide bonds. The van der Waals surface area contributed by atoms with Gasteiger partial charge in [0.05, 0.1) is 0 Å². The van der Waals surface area contributed by atoms with E-state index in [0.717, 1.165) is 19.5 Å². The molecule has 0 aliphatic heterocycles. The summed E-state index contributed by atoms with van der Waals surface area (Å²) in [5, 5.41) is 15.2. The number of hydrogen-bond acceptors (Lipinski definition) is 5. The summed E-state index contributed by atoms with van der Waals surface area (Å²) in [4.78, 5) is 36.5. The first kappa shape index (κ1) is 23.3. The smallest absolute Gasteiger partial charge is 0.371 e. The van der Waals surface area contributed by atoms with Crippen molar-refractivity contribution < 1.29 is 29.4 Å². The summed E-state index contributed by atoms with van der Waals surface area (Å²) in [5.74, 6) is -2.20. The molecule has 0 aliphatic rings. The van der Waals surface area contributed by atoms with E-state index in [2.05, 4.69) is 0 Å². The number of hydrogen-bond donors (Lipinski definition) is 2. The number of ketones is 1. The van der Waals surface area contributed by atoms with Crippen molar-refractivity contribution in [1.29, 1.82) is 0 Å². The van der Waals surface area contributed by atoms with E-state index in [1.165, 1.54) is 13.8 Å². The Bertz CT molecular complexity index is 146. The minimum absolute atomic E-state index is 0.250. The van der Waals surface area contributed by atoms with Gasteiger partial charge in [0.25, 0.3) is 0 Å². The molecule has 0 atom stereocenters. The van der Waals surface area contributed by atoms with Gasteiger partial charge in [0.15, 0.2) is 0 Å². The molecule has 6 heteroatoms. The second-order valence-electron chi connectivity index (χ2n) is 1.65. The Balaban J connectivity index is -0.0000000581. The number of aldehydes is 2. The third kappa shape index (κ3) is 228. The number of aliphatic hydroxyl groups excluding tert-OH is 1. The van der Waals surface area contributed by atoms with Crippen molar-refractivity contribution >= 4 is 24.3 Å². The third-order valence-electron chi connectivity index (χ3n) is 0.301. The molecule has 15 heavy (non-hydrogen) atoms. The Kier molecular flexibility index (Phi) is 45.8. The molecule has 0 aromatic rings. The minimum Gasteiger partial charge on any atom is -0.476 e. The highest BCUT2D eigenvalue weighted by atomic mass is 16.4. The lowest BCUT2D eigenvalue weighted by molar-refractivity contribution is -0.148. The maximum atomic E-state index is 9.54. The Morgan fingerprint density at radius 2 is 1.20 bits per heavy atom. The van der Waals surface area contributed by atoms with Gasteiger partial charge in [0.1, 0.15) is 12.6 Å². The van der Waals surface area contributed by atoms with Gasteiger partial charge < -0.3 is 19.8 Å².